The number of ether oxygens (including phenoxy) is 1. The van der Waals surface area contributed by atoms with Gasteiger partial charge in [0.05, 0.1) is 0 Å². The van der Waals surface area contributed by atoms with Crippen LogP contribution in [0.4, 0.5) is 4.39 Å². The van der Waals surface area contributed by atoms with Crippen molar-refractivity contribution in [2.45, 2.75) is 6.92 Å². The number of rotatable bonds is 3. The molecule has 1 aromatic carbocycles. The fourth-order valence-electron chi connectivity index (χ4n) is 0.968. The minimum absolute atomic E-state index is 0.0306. The summed E-state index contributed by atoms with van der Waals surface area (Å²) in [4.78, 5) is 0. The van der Waals surface area contributed by atoms with Crippen LogP contribution in [0.15, 0.2) is 18.2 Å². The minimum atomic E-state index is -0.519. The molecule has 0 aliphatic heterocycles. The van der Waals surface area contributed by atoms with Crippen LogP contribution in [0.1, 0.15) is 5.56 Å². The minimum Gasteiger partial charge on any atom is -0.508 e. The van der Waals surface area contributed by atoms with Crippen molar-refractivity contribution in [3.8, 4) is 11.5 Å². The highest BCUT2D eigenvalue weighted by molar-refractivity contribution is 5.36. The molecule has 0 heterocycles. The molecule has 0 bridgehead atoms. The quantitative estimate of drug-likeness (QED) is 0.752. The van der Waals surface area contributed by atoms with E-state index in [4.69, 9.17) is 9.84 Å². The summed E-state index contributed by atoms with van der Waals surface area (Å²) in [6, 6.07) is 4.82. The van der Waals surface area contributed by atoms with Gasteiger partial charge in [0.1, 0.15) is 24.8 Å². The van der Waals surface area contributed by atoms with Gasteiger partial charge < -0.3 is 9.84 Å². The Kier molecular flexibility index (Phi) is 2.91. The Morgan fingerprint density at radius 3 is 2.75 bits per heavy atom. The van der Waals surface area contributed by atoms with Gasteiger partial charge in [0.15, 0.2) is 0 Å². The first-order valence-corrected chi connectivity index (χ1v) is 3.72. The second-order valence-corrected chi connectivity index (χ2v) is 2.54. The zero-order valence-corrected chi connectivity index (χ0v) is 6.88. The van der Waals surface area contributed by atoms with Gasteiger partial charge in [0, 0.05) is 6.07 Å². The number of alkyl halides is 1. The van der Waals surface area contributed by atoms with Crippen LogP contribution in [0.2, 0.25) is 0 Å². The normalized spacial score (nSPS) is 9.83. The molecule has 0 aliphatic carbocycles. The SMILES string of the molecule is Cc1cc(O)cc(OCCF)c1. The third kappa shape index (κ3) is 2.42. The maximum Gasteiger partial charge on any atom is 0.123 e. The fourth-order valence-corrected chi connectivity index (χ4v) is 0.968. The number of hydrogen-bond acceptors (Lipinski definition) is 2. The number of aromatic hydroxyl groups is 1. The van der Waals surface area contributed by atoms with Gasteiger partial charge in [-0.15, -0.1) is 0 Å². The maximum absolute atomic E-state index is 11.7. The molecule has 1 aromatic rings. The van der Waals surface area contributed by atoms with Crippen LogP contribution in [0.25, 0.3) is 0 Å². The van der Waals surface area contributed by atoms with E-state index in [0.717, 1.165) is 5.56 Å². The molecular formula is C9H11FO2. The lowest BCUT2D eigenvalue weighted by atomic mass is 10.2. The smallest absolute Gasteiger partial charge is 0.123 e. The predicted molar refractivity (Wildman–Crippen MR) is 44.3 cm³/mol. The van der Waals surface area contributed by atoms with Crippen molar-refractivity contribution in [1.29, 1.82) is 0 Å². The molecule has 0 fully saturated rings. The predicted octanol–water partition coefficient (Wildman–Crippen LogP) is 2.05. The van der Waals surface area contributed by atoms with E-state index in [1.807, 2.05) is 6.92 Å². The van der Waals surface area contributed by atoms with E-state index < -0.39 is 6.67 Å². The van der Waals surface area contributed by atoms with E-state index in [0.29, 0.717) is 5.75 Å². The second-order valence-electron chi connectivity index (χ2n) is 2.54. The van der Waals surface area contributed by atoms with Gasteiger partial charge in [-0.05, 0) is 24.6 Å². The van der Waals surface area contributed by atoms with Crippen LogP contribution in [-0.2, 0) is 0 Å². The summed E-state index contributed by atoms with van der Waals surface area (Å²) < 4.78 is 16.7. The van der Waals surface area contributed by atoms with E-state index in [9.17, 15) is 4.39 Å². The van der Waals surface area contributed by atoms with Gasteiger partial charge in [-0.2, -0.15) is 0 Å². The first-order valence-electron chi connectivity index (χ1n) is 3.72. The van der Waals surface area contributed by atoms with E-state index in [2.05, 4.69) is 0 Å². The molecule has 66 valence electrons. The number of halogens is 1. The van der Waals surface area contributed by atoms with E-state index in [-0.39, 0.29) is 12.4 Å². The number of phenols is 1. The average Bonchev–Trinajstić information content (AvgIpc) is 1.99. The Balaban J connectivity index is 2.72. The number of benzene rings is 1. The second kappa shape index (κ2) is 3.95. The highest BCUT2D eigenvalue weighted by Crippen LogP contribution is 2.20. The molecule has 0 spiro atoms. The molecule has 0 unspecified atom stereocenters. The third-order valence-electron chi connectivity index (χ3n) is 1.38. The highest BCUT2D eigenvalue weighted by atomic mass is 19.1. The summed E-state index contributed by atoms with van der Waals surface area (Å²) in [6.07, 6.45) is 0. The molecule has 0 amide bonds. The van der Waals surface area contributed by atoms with Gasteiger partial charge >= 0.3 is 0 Å². The molecular weight excluding hydrogens is 159 g/mol. The molecule has 0 saturated heterocycles. The number of hydrogen-bond donors (Lipinski definition) is 1. The lowest BCUT2D eigenvalue weighted by Gasteiger charge is -2.04. The maximum atomic E-state index is 11.7. The molecule has 3 heteroatoms. The topological polar surface area (TPSA) is 29.5 Å². The Bertz CT molecular complexity index is 240. The van der Waals surface area contributed by atoms with Crippen LogP contribution in [0.5, 0.6) is 11.5 Å². The van der Waals surface area contributed by atoms with Crippen molar-refractivity contribution >= 4 is 0 Å². The van der Waals surface area contributed by atoms with Gasteiger partial charge in [0.2, 0.25) is 0 Å². The van der Waals surface area contributed by atoms with Gasteiger partial charge in [-0.1, -0.05) is 0 Å². The third-order valence-corrected chi connectivity index (χ3v) is 1.38. The number of aryl methyl sites for hydroxylation is 1. The Hall–Kier alpha value is -1.25. The van der Waals surface area contributed by atoms with Crippen LogP contribution < -0.4 is 4.74 Å². The summed E-state index contributed by atoms with van der Waals surface area (Å²) in [6.45, 7) is 1.35. The Morgan fingerprint density at radius 2 is 2.17 bits per heavy atom. The molecule has 0 atom stereocenters. The molecule has 12 heavy (non-hydrogen) atoms. The first-order chi connectivity index (χ1) is 5.72. The van der Waals surface area contributed by atoms with Crippen LogP contribution >= 0.6 is 0 Å². The van der Waals surface area contributed by atoms with E-state index in [1.54, 1.807) is 12.1 Å². The summed E-state index contributed by atoms with van der Waals surface area (Å²) in [5.41, 5.74) is 0.892. The molecule has 2 nitrogen and oxygen atoms in total. The molecule has 1 rings (SSSR count). The largest absolute Gasteiger partial charge is 0.508 e. The highest BCUT2D eigenvalue weighted by Gasteiger charge is 1.97. The Morgan fingerprint density at radius 1 is 1.42 bits per heavy atom. The van der Waals surface area contributed by atoms with E-state index >= 15 is 0 Å². The molecule has 0 saturated carbocycles. The van der Waals surface area contributed by atoms with Gasteiger partial charge in [0.25, 0.3) is 0 Å². The van der Waals surface area contributed by atoms with Crippen LogP contribution in [0, 0.1) is 6.92 Å². The first kappa shape index (κ1) is 8.84. The summed E-state index contributed by atoms with van der Waals surface area (Å²) in [7, 11) is 0. The lowest BCUT2D eigenvalue weighted by Crippen LogP contribution is -1.98. The summed E-state index contributed by atoms with van der Waals surface area (Å²) in [5.74, 6) is 0.647. The summed E-state index contributed by atoms with van der Waals surface area (Å²) in [5, 5.41) is 9.12. The zero-order chi connectivity index (χ0) is 8.97. The van der Waals surface area contributed by atoms with Crippen molar-refractivity contribution in [3.05, 3.63) is 23.8 Å². The van der Waals surface area contributed by atoms with Crippen molar-refractivity contribution in [2.75, 3.05) is 13.3 Å². The number of phenolic OH excluding ortho intramolecular Hbond substituents is 1. The van der Waals surface area contributed by atoms with Crippen molar-refractivity contribution in [2.24, 2.45) is 0 Å². The Labute approximate surface area is 70.6 Å². The van der Waals surface area contributed by atoms with Crippen LogP contribution in [0.3, 0.4) is 0 Å². The van der Waals surface area contributed by atoms with Gasteiger partial charge in [-0.3, -0.25) is 0 Å². The van der Waals surface area contributed by atoms with Crippen molar-refractivity contribution in [1.82, 2.24) is 0 Å². The molecule has 1 N–H and O–H groups in total. The standard InChI is InChI=1S/C9H11FO2/c1-7-4-8(11)6-9(5-7)12-3-2-10/h4-6,11H,2-3H2,1H3. The van der Waals surface area contributed by atoms with Crippen molar-refractivity contribution in [3.63, 3.8) is 0 Å². The van der Waals surface area contributed by atoms with E-state index in [1.165, 1.54) is 6.07 Å². The molecule has 0 aliphatic rings. The molecule has 0 aromatic heterocycles. The fraction of sp³-hybridized carbons (Fsp3) is 0.333. The van der Waals surface area contributed by atoms with Crippen molar-refractivity contribution < 1.29 is 14.2 Å². The van der Waals surface area contributed by atoms with Crippen LogP contribution in [-0.4, -0.2) is 18.4 Å². The zero-order valence-electron chi connectivity index (χ0n) is 6.88. The monoisotopic (exact) mass is 170 g/mol. The summed E-state index contributed by atoms with van der Waals surface area (Å²) >= 11 is 0. The lowest BCUT2D eigenvalue weighted by molar-refractivity contribution is 0.272. The average molecular weight is 170 g/mol. The van der Waals surface area contributed by atoms with Gasteiger partial charge in [-0.25, -0.2) is 4.39 Å². The molecule has 0 radical (unpaired) electrons.